The van der Waals surface area contributed by atoms with Crippen LogP contribution in [0.3, 0.4) is 0 Å². The molecule has 0 spiro atoms. The van der Waals surface area contributed by atoms with Crippen molar-refractivity contribution in [2.24, 2.45) is 0 Å². The number of hydrogen-bond donors (Lipinski definition) is 0. The Morgan fingerprint density at radius 3 is 2.15 bits per heavy atom. The van der Waals surface area contributed by atoms with Crippen molar-refractivity contribution in [3.05, 3.63) is 29.3 Å². The van der Waals surface area contributed by atoms with Gasteiger partial charge in [-0.1, -0.05) is 11.6 Å². The minimum atomic E-state index is 0.533. The molecule has 2 heteroatoms. The van der Waals surface area contributed by atoms with Gasteiger partial charge < -0.3 is 4.90 Å². The first kappa shape index (κ1) is 10.4. The first-order valence-electron chi connectivity index (χ1n) is 4.67. The van der Waals surface area contributed by atoms with E-state index in [2.05, 4.69) is 37.8 Å². The van der Waals surface area contributed by atoms with E-state index in [4.69, 9.17) is 11.6 Å². The SMILES string of the molecule is CCN(c1ccc(Cl)cc1)C(C)C. The molecule has 0 aromatic heterocycles. The van der Waals surface area contributed by atoms with E-state index in [1.54, 1.807) is 0 Å². The second-order valence-corrected chi connectivity index (χ2v) is 3.79. The normalized spacial score (nSPS) is 10.5. The Labute approximate surface area is 85.3 Å². The molecule has 0 aliphatic carbocycles. The molecule has 0 saturated carbocycles. The molecule has 0 N–H and O–H groups in total. The fourth-order valence-corrected chi connectivity index (χ4v) is 1.60. The van der Waals surface area contributed by atoms with Gasteiger partial charge in [0.2, 0.25) is 0 Å². The van der Waals surface area contributed by atoms with Gasteiger partial charge in [-0.25, -0.2) is 0 Å². The Balaban J connectivity index is 2.86. The number of nitrogens with zero attached hydrogens (tertiary/aromatic N) is 1. The van der Waals surface area contributed by atoms with E-state index >= 15 is 0 Å². The fraction of sp³-hybridized carbons (Fsp3) is 0.455. The van der Waals surface area contributed by atoms with Crippen molar-refractivity contribution in [3.63, 3.8) is 0 Å². The smallest absolute Gasteiger partial charge is 0.0407 e. The van der Waals surface area contributed by atoms with E-state index in [1.165, 1.54) is 5.69 Å². The molecule has 0 unspecified atom stereocenters. The van der Waals surface area contributed by atoms with Crippen molar-refractivity contribution in [2.75, 3.05) is 11.4 Å². The maximum atomic E-state index is 5.82. The van der Waals surface area contributed by atoms with Gasteiger partial charge in [0.1, 0.15) is 0 Å². The summed E-state index contributed by atoms with van der Waals surface area (Å²) in [5, 5.41) is 0.795. The van der Waals surface area contributed by atoms with Gasteiger partial charge in [-0.05, 0) is 45.0 Å². The molecule has 1 rings (SSSR count). The molecule has 72 valence electrons. The van der Waals surface area contributed by atoms with E-state index in [1.807, 2.05) is 12.1 Å². The number of rotatable bonds is 3. The summed E-state index contributed by atoms with van der Waals surface area (Å²) in [6.07, 6.45) is 0. The van der Waals surface area contributed by atoms with Crippen molar-refractivity contribution >= 4 is 17.3 Å². The Kier molecular flexibility index (Phi) is 3.61. The first-order chi connectivity index (χ1) is 6.15. The summed E-state index contributed by atoms with van der Waals surface area (Å²) in [6.45, 7) is 7.57. The van der Waals surface area contributed by atoms with Crippen LogP contribution >= 0.6 is 11.6 Å². The molecule has 0 radical (unpaired) electrons. The molecule has 0 aliphatic heterocycles. The zero-order valence-electron chi connectivity index (χ0n) is 8.42. The molecular formula is C11H16ClN. The molecule has 0 atom stereocenters. The average Bonchev–Trinajstić information content (AvgIpc) is 2.09. The van der Waals surface area contributed by atoms with Gasteiger partial charge in [-0.3, -0.25) is 0 Å². The minimum Gasteiger partial charge on any atom is -0.369 e. The van der Waals surface area contributed by atoms with Gasteiger partial charge in [0.25, 0.3) is 0 Å². The predicted octanol–water partition coefficient (Wildman–Crippen LogP) is 3.57. The van der Waals surface area contributed by atoms with Crippen LogP contribution in [0.4, 0.5) is 5.69 Å². The van der Waals surface area contributed by atoms with Crippen LogP contribution in [-0.4, -0.2) is 12.6 Å². The number of benzene rings is 1. The third-order valence-electron chi connectivity index (χ3n) is 2.12. The van der Waals surface area contributed by atoms with Crippen LogP contribution in [0.2, 0.25) is 5.02 Å². The predicted molar refractivity (Wildman–Crippen MR) is 59.6 cm³/mol. The zero-order chi connectivity index (χ0) is 9.84. The van der Waals surface area contributed by atoms with Crippen molar-refractivity contribution in [1.82, 2.24) is 0 Å². The van der Waals surface area contributed by atoms with Crippen LogP contribution in [0.15, 0.2) is 24.3 Å². The Morgan fingerprint density at radius 1 is 1.23 bits per heavy atom. The Hall–Kier alpha value is -0.690. The molecular weight excluding hydrogens is 182 g/mol. The van der Waals surface area contributed by atoms with Gasteiger partial charge >= 0.3 is 0 Å². The molecule has 0 fully saturated rings. The highest BCUT2D eigenvalue weighted by atomic mass is 35.5. The summed E-state index contributed by atoms with van der Waals surface area (Å²) in [5.74, 6) is 0. The van der Waals surface area contributed by atoms with E-state index < -0.39 is 0 Å². The Bertz CT molecular complexity index is 253. The second kappa shape index (κ2) is 4.52. The topological polar surface area (TPSA) is 3.24 Å². The molecule has 13 heavy (non-hydrogen) atoms. The summed E-state index contributed by atoms with van der Waals surface area (Å²) < 4.78 is 0. The van der Waals surface area contributed by atoms with E-state index in [-0.39, 0.29) is 0 Å². The lowest BCUT2D eigenvalue weighted by molar-refractivity contribution is 0.704. The van der Waals surface area contributed by atoms with Gasteiger partial charge in [0.15, 0.2) is 0 Å². The van der Waals surface area contributed by atoms with Crippen molar-refractivity contribution in [1.29, 1.82) is 0 Å². The summed E-state index contributed by atoms with van der Waals surface area (Å²) in [5.41, 5.74) is 1.24. The van der Waals surface area contributed by atoms with Gasteiger partial charge in [0.05, 0.1) is 0 Å². The van der Waals surface area contributed by atoms with Crippen molar-refractivity contribution < 1.29 is 0 Å². The second-order valence-electron chi connectivity index (χ2n) is 3.36. The molecule has 0 heterocycles. The molecule has 1 aromatic carbocycles. The summed E-state index contributed by atoms with van der Waals surface area (Å²) in [7, 11) is 0. The molecule has 0 bridgehead atoms. The highest BCUT2D eigenvalue weighted by molar-refractivity contribution is 6.30. The van der Waals surface area contributed by atoms with Crippen LogP contribution in [0, 0.1) is 0 Å². The van der Waals surface area contributed by atoms with Crippen molar-refractivity contribution in [3.8, 4) is 0 Å². The lowest BCUT2D eigenvalue weighted by atomic mass is 10.2. The average molecular weight is 198 g/mol. The minimum absolute atomic E-state index is 0.533. The first-order valence-corrected chi connectivity index (χ1v) is 5.05. The molecule has 1 aromatic rings. The highest BCUT2D eigenvalue weighted by Gasteiger charge is 2.06. The lowest BCUT2D eigenvalue weighted by Crippen LogP contribution is -2.30. The summed E-state index contributed by atoms with van der Waals surface area (Å²) in [6, 6.07) is 8.52. The summed E-state index contributed by atoms with van der Waals surface area (Å²) in [4.78, 5) is 2.33. The largest absolute Gasteiger partial charge is 0.369 e. The van der Waals surface area contributed by atoms with E-state index in [0.29, 0.717) is 6.04 Å². The van der Waals surface area contributed by atoms with E-state index in [9.17, 15) is 0 Å². The monoisotopic (exact) mass is 197 g/mol. The molecule has 1 nitrogen and oxygen atoms in total. The third kappa shape index (κ3) is 2.63. The quantitative estimate of drug-likeness (QED) is 0.716. The van der Waals surface area contributed by atoms with Crippen LogP contribution < -0.4 is 4.90 Å². The van der Waals surface area contributed by atoms with Crippen LogP contribution in [0.25, 0.3) is 0 Å². The number of hydrogen-bond acceptors (Lipinski definition) is 1. The molecule has 0 aliphatic rings. The zero-order valence-corrected chi connectivity index (χ0v) is 9.17. The third-order valence-corrected chi connectivity index (χ3v) is 2.37. The molecule has 0 saturated heterocycles. The van der Waals surface area contributed by atoms with Gasteiger partial charge in [0, 0.05) is 23.3 Å². The van der Waals surface area contributed by atoms with E-state index in [0.717, 1.165) is 11.6 Å². The van der Waals surface area contributed by atoms with Crippen LogP contribution in [0.5, 0.6) is 0 Å². The van der Waals surface area contributed by atoms with Crippen molar-refractivity contribution in [2.45, 2.75) is 26.8 Å². The van der Waals surface area contributed by atoms with Crippen LogP contribution in [0.1, 0.15) is 20.8 Å². The lowest BCUT2D eigenvalue weighted by Gasteiger charge is -2.27. The maximum Gasteiger partial charge on any atom is 0.0407 e. The van der Waals surface area contributed by atoms with Gasteiger partial charge in [-0.15, -0.1) is 0 Å². The van der Waals surface area contributed by atoms with Crippen LogP contribution in [-0.2, 0) is 0 Å². The van der Waals surface area contributed by atoms with Gasteiger partial charge in [-0.2, -0.15) is 0 Å². The highest BCUT2D eigenvalue weighted by Crippen LogP contribution is 2.19. The standard InChI is InChI=1S/C11H16ClN/c1-4-13(9(2)3)11-7-5-10(12)6-8-11/h5-9H,4H2,1-3H3. The maximum absolute atomic E-state index is 5.82. The number of halogens is 1. The summed E-state index contributed by atoms with van der Waals surface area (Å²) >= 11 is 5.82. The molecule has 0 amide bonds. The Morgan fingerprint density at radius 2 is 1.77 bits per heavy atom. The number of anilines is 1. The fourth-order valence-electron chi connectivity index (χ4n) is 1.48.